The lowest BCUT2D eigenvalue weighted by atomic mass is 10.0. The van der Waals surface area contributed by atoms with Crippen LogP contribution in [0.2, 0.25) is 0 Å². The SMILES string of the molecule is Cc1ccc([C@H]2[C@@H](c3ccccn3)NC(=S)N2c2ccc(N3CCOCC3)cc2)n1C. The first kappa shape index (κ1) is 20.0. The summed E-state index contributed by atoms with van der Waals surface area (Å²) >= 11 is 5.84. The van der Waals surface area contributed by atoms with E-state index in [9.17, 15) is 0 Å². The van der Waals surface area contributed by atoms with Crippen LogP contribution < -0.4 is 15.1 Å². The molecule has 1 N–H and O–H groups in total. The highest BCUT2D eigenvalue weighted by atomic mass is 32.1. The van der Waals surface area contributed by atoms with Crippen LogP contribution in [0.3, 0.4) is 0 Å². The second-order valence-corrected chi connectivity index (χ2v) is 8.46. The summed E-state index contributed by atoms with van der Waals surface area (Å²) in [5.74, 6) is 0. The Labute approximate surface area is 188 Å². The first-order valence-corrected chi connectivity index (χ1v) is 11.1. The lowest BCUT2D eigenvalue weighted by Gasteiger charge is -2.31. The molecule has 31 heavy (non-hydrogen) atoms. The van der Waals surface area contributed by atoms with Crippen molar-refractivity contribution in [2.45, 2.75) is 19.0 Å². The molecular formula is C24H27N5OS. The highest BCUT2D eigenvalue weighted by Crippen LogP contribution is 2.42. The van der Waals surface area contributed by atoms with Crippen molar-refractivity contribution in [2.24, 2.45) is 7.05 Å². The monoisotopic (exact) mass is 433 g/mol. The Kier molecular flexibility index (Phi) is 5.38. The topological polar surface area (TPSA) is 45.6 Å². The fourth-order valence-corrected chi connectivity index (χ4v) is 4.86. The molecule has 2 aromatic heterocycles. The standard InChI is InChI=1S/C24H27N5OS/c1-17-6-11-21(27(17)2)23-22(20-5-3-4-12-25-20)26-24(31)29(23)19-9-7-18(8-10-19)28-13-15-30-16-14-28/h3-12,22-23H,13-16H2,1-2H3,(H,26,31)/t22-,23+/m1/s1. The number of nitrogens with one attached hydrogen (secondary N) is 1. The van der Waals surface area contributed by atoms with Crippen molar-refractivity contribution in [2.75, 3.05) is 36.1 Å². The fraction of sp³-hybridized carbons (Fsp3) is 0.333. The van der Waals surface area contributed by atoms with Gasteiger partial charge in [-0.3, -0.25) is 4.98 Å². The van der Waals surface area contributed by atoms with Gasteiger partial charge in [0.25, 0.3) is 0 Å². The number of ether oxygens (including phenoxy) is 1. The van der Waals surface area contributed by atoms with Crippen LogP contribution >= 0.6 is 12.2 Å². The van der Waals surface area contributed by atoms with Crippen LogP contribution in [0, 0.1) is 6.92 Å². The molecule has 0 bridgehead atoms. The molecule has 2 atom stereocenters. The predicted octanol–water partition coefficient (Wildman–Crippen LogP) is 3.74. The molecule has 160 valence electrons. The molecule has 5 rings (SSSR count). The summed E-state index contributed by atoms with van der Waals surface area (Å²) in [5, 5.41) is 4.26. The lowest BCUT2D eigenvalue weighted by molar-refractivity contribution is 0.122. The van der Waals surface area contributed by atoms with Crippen molar-refractivity contribution >= 4 is 28.7 Å². The Morgan fingerprint density at radius 3 is 2.39 bits per heavy atom. The number of nitrogens with zero attached hydrogens (tertiary/aromatic N) is 4. The van der Waals surface area contributed by atoms with Gasteiger partial charge in [0.1, 0.15) is 6.04 Å². The average Bonchev–Trinajstić information content (AvgIpc) is 3.33. The number of hydrogen-bond acceptors (Lipinski definition) is 4. The Bertz CT molecular complexity index is 1060. The van der Waals surface area contributed by atoms with E-state index >= 15 is 0 Å². The molecule has 7 heteroatoms. The second-order valence-electron chi connectivity index (χ2n) is 8.07. The van der Waals surface area contributed by atoms with Crippen molar-refractivity contribution in [3.63, 3.8) is 0 Å². The van der Waals surface area contributed by atoms with E-state index < -0.39 is 0 Å². The predicted molar refractivity (Wildman–Crippen MR) is 128 cm³/mol. The Hall–Kier alpha value is -2.90. The number of anilines is 2. The summed E-state index contributed by atoms with van der Waals surface area (Å²) in [6, 6.07) is 19.1. The summed E-state index contributed by atoms with van der Waals surface area (Å²) in [7, 11) is 2.11. The van der Waals surface area contributed by atoms with E-state index in [-0.39, 0.29) is 12.1 Å². The van der Waals surface area contributed by atoms with Crippen molar-refractivity contribution in [3.05, 3.63) is 77.9 Å². The maximum absolute atomic E-state index is 5.84. The number of thiocarbonyl (C=S) groups is 1. The minimum absolute atomic E-state index is 0.00957. The van der Waals surface area contributed by atoms with E-state index in [0.717, 1.165) is 42.8 Å². The number of hydrogen-bond donors (Lipinski definition) is 1. The molecular weight excluding hydrogens is 406 g/mol. The summed E-state index contributed by atoms with van der Waals surface area (Å²) in [4.78, 5) is 9.23. The zero-order valence-electron chi connectivity index (χ0n) is 17.9. The minimum Gasteiger partial charge on any atom is -0.378 e. The van der Waals surface area contributed by atoms with E-state index in [1.807, 2.05) is 18.3 Å². The molecule has 6 nitrogen and oxygen atoms in total. The van der Waals surface area contributed by atoms with Gasteiger partial charge in [-0.25, -0.2) is 0 Å². The van der Waals surface area contributed by atoms with Crippen LogP contribution in [0.1, 0.15) is 29.2 Å². The number of pyridine rings is 1. The molecule has 1 aromatic carbocycles. The number of benzene rings is 1. The summed E-state index contributed by atoms with van der Waals surface area (Å²) in [6.45, 7) is 5.54. The number of aromatic nitrogens is 2. The van der Waals surface area contributed by atoms with Crippen LogP contribution in [0.4, 0.5) is 11.4 Å². The van der Waals surface area contributed by atoms with Crippen LogP contribution in [-0.2, 0) is 11.8 Å². The minimum atomic E-state index is -0.0272. The molecule has 0 spiro atoms. The summed E-state index contributed by atoms with van der Waals surface area (Å²) in [5.41, 5.74) is 5.71. The quantitative estimate of drug-likeness (QED) is 0.633. The van der Waals surface area contributed by atoms with Crippen LogP contribution in [0.15, 0.2) is 60.8 Å². The van der Waals surface area contributed by atoms with Crippen molar-refractivity contribution in [1.29, 1.82) is 0 Å². The number of morpholine rings is 1. The third kappa shape index (κ3) is 3.68. The number of rotatable bonds is 4. The van der Waals surface area contributed by atoms with E-state index in [4.69, 9.17) is 17.0 Å². The van der Waals surface area contributed by atoms with Gasteiger partial charge in [-0.05, 0) is 67.7 Å². The Balaban J connectivity index is 1.52. The van der Waals surface area contributed by atoms with Crippen LogP contribution in [0.5, 0.6) is 0 Å². The molecule has 2 aliphatic heterocycles. The third-order valence-corrected chi connectivity index (χ3v) is 6.63. The van der Waals surface area contributed by atoms with E-state index in [1.54, 1.807) is 0 Å². The molecule has 0 saturated carbocycles. The smallest absolute Gasteiger partial charge is 0.174 e. The maximum atomic E-state index is 5.84. The van der Waals surface area contributed by atoms with Crippen molar-refractivity contribution < 1.29 is 4.74 Å². The second kappa shape index (κ2) is 8.32. The van der Waals surface area contributed by atoms with Gasteiger partial charge in [0.2, 0.25) is 0 Å². The van der Waals surface area contributed by atoms with Gasteiger partial charge in [0, 0.05) is 49.1 Å². The first-order chi connectivity index (χ1) is 15.1. The third-order valence-electron chi connectivity index (χ3n) is 6.32. The molecule has 4 heterocycles. The van der Waals surface area contributed by atoms with Crippen LogP contribution in [-0.4, -0.2) is 41.0 Å². The van der Waals surface area contributed by atoms with Crippen molar-refractivity contribution in [3.8, 4) is 0 Å². The van der Waals surface area contributed by atoms with Crippen molar-refractivity contribution in [1.82, 2.24) is 14.9 Å². The summed E-state index contributed by atoms with van der Waals surface area (Å²) in [6.07, 6.45) is 1.84. The average molecular weight is 434 g/mol. The summed E-state index contributed by atoms with van der Waals surface area (Å²) < 4.78 is 7.73. The van der Waals surface area contributed by atoms with Gasteiger partial charge in [-0.15, -0.1) is 0 Å². The van der Waals surface area contributed by atoms with Crippen LogP contribution in [0.25, 0.3) is 0 Å². The van der Waals surface area contributed by atoms with E-state index in [0.29, 0.717) is 0 Å². The molecule has 2 aliphatic rings. The zero-order valence-corrected chi connectivity index (χ0v) is 18.7. The van der Waals surface area contributed by atoms with Gasteiger partial charge < -0.3 is 24.4 Å². The molecule has 0 aliphatic carbocycles. The molecule has 2 saturated heterocycles. The molecule has 3 aromatic rings. The molecule has 2 fully saturated rings. The normalized spacial score (nSPS) is 21.4. The molecule has 0 unspecified atom stereocenters. The van der Waals surface area contributed by atoms with Gasteiger partial charge in [0.05, 0.1) is 24.9 Å². The highest BCUT2D eigenvalue weighted by Gasteiger charge is 2.42. The van der Waals surface area contributed by atoms with Gasteiger partial charge in [-0.2, -0.15) is 0 Å². The highest BCUT2D eigenvalue weighted by molar-refractivity contribution is 7.80. The van der Waals surface area contributed by atoms with E-state index in [1.165, 1.54) is 17.1 Å². The van der Waals surface area contributed by atoms with E-state index in [2.05, 4.69) is 81.1 Å². The Morgan fingerprint density at radius 1 is 1.00 bits per heavy atom. The largest absolute Gasteiger partial charge is 0.378 e. The number of aryl methyl sites for hydroxylation is 1. The lowest BCUT2D eigenvalue weighted by Crippen LogP contribution is -2.36. The Morgan fingerprint density at radius 2 is 1.74 bits per heavy atom. The van der Waals surface area contributed by atoms with Gasteiger partial charge >= 0.3 is 0 Å². The first-order valence-electron chi connectivity index (χ1n) is 10.7. The van der Waals surface area contributed by atoms with Gasteiger partial charge in [0.15, 0.2) is 5.11 Å². The fourth-order valence-electron chi connectivity index (χ4n) is 4.51. The zero-order chi connectivity index (χ0) is 21.4. The molecule has 0 radical (unpaired) electrons. The van der Waals surface area contributed by atoms with Gasteiger partial charge in [-0.1, -0.05) is 6.07 Å². The molecule has 0 amide bonds. The maximum Gasteiger partial charge on any atom is 0.174 e.